The summed E-state index contributed by atoms with van der Waals surface area (Å²) in [5.41, 5.74) is 1.23. The average molecular weight is 366 g/mol. The third-order valence-corrected chi connectivity index (χ3v) is 3.73. The van der Waals surface area contributed by atoms with Gasteiger partial charge >= 0.3 is 6.03 Å². The van der Waals surface area contributed by atoms with Crippen LogP contribution in [0.4, 0.5) is 9.18 Å². The van der Waals surface area contributed by atoms with Crippen molar-refractivity contribution in [1.29, 1.82) is 0 Å². The normalized spacial score (nSPS) is 11.8. The molecule has 0 fully saturated rings. The first kappa shape index (κ1) is 16.4. The van der Waals surface area contributed by atoms with Crippen molar-refractivity contribution in [3.63, 3.8) is 0 Å². The summed E-state index contributed by atoms with van der Waals surface area (Å²) in [5, 5.41) is 2.84. The molecule has 6 heteroatoms. The number of nitrogens with one attached hydrogen (secondary N) is 1. The molecule has 2 amide bonds. The number of benzene rings is 1. The number of hydrogen-bond acceptors (Lipinski definition) is 2. The van der Waals surface area contributed by atoms with Crippen LogP contribution in [0.5, 0.6) is 0 Å². The highest BCUT2D eigenvalue weighted by Gasteiger charge is 2.15. The van der Waals surface area contributed by atoms with Crippen molar-refractivity contribution in [2.45, 2.75) is 19.5 Å². The van der Waals surface area contributed by atoms with Gasteiger partial charge in [0, 0.05) is 29.8 Å². The van der Waals surface area contributed by atoms with Crippen LogP contribution < -0.4 is 5.32 Å². The smallest absolute Gasteiger partial charge is 0.317 e. The van der Waals surface area contributed by atoms with Crippen molar-refractivity contribution >= 4 is 22.0 Å². The van der Waals surface area contributed by atoms with Gasteiger partial charge in [0.2, 0.25) is 0 Å². The van der Waals surface area contributed by atoms with Crippen molar-refractivity contribution in [2.75, 3.05) is 7.05 Å². The molecule has 1 N–H and O–H groups in total. The molecular weight excluding hydrogens is 349 g/mol. The van der Waals surface area contributed by atoms with Gasteiger partial charge in [0.1, 0.15) is 5.82 Å². The van der Waals surface area contributed by atoms with Gasteiger partial charge in [0.15, 0.2) is 0 Å². The Hall–Kier alpha value is -1.95. The molecule has 1 heterocycles. The number of carbonyl (C=O) groups is 1. The Bertz CT molecular complexity index is 651. The highest BCUT2D eigenvalue weighted by Crippen LogP contribution is 2.17. The van der Waals surface area contributed by atoms with E-state index < -0.39 is 0 Å². The minimum absolute atomic E-state index is 0.187. The van der Waals surface area contributed by atoms with E-state index in [0.29, 0.717) is 5.56 Å². The molecule has 0 saturated heterocycles. The lowest BCUT2D eigenvalue weighted by molar-refractivity contribution is 0.203. The third kappa shape index (κ3) is 4.27. The quantitative estimate of drug-likeness (QED) is 0.893. The Morgan fingerprint density at radius 2 is 2.18 bits per heavy atom. The zero-order chi connectivity index (χ0) is 16.1. The first-order chi connectivity index (χ1) is 10.5. The van der Waals surface area contributed by atoms with Crippen molar-refractivity contribution in [1.82, 2.24) is 15.2 Å². The Labute approximate surface area is 137 Å². The predicted molar refractivity (Wildman–Crippen MR) is 86.8 cm³/mol. The molecular formula is C16H17BrFN3O. The van der Waals surface area contributed by atoms with Crippen molar-refractivity contribution in [3.05, 3.63) is 64.1 Å². The lowest BCUT2D eigenvalue weighted by atomic mass is 10.2. The zero-order valence-corrected chi connectivity index (χ0v) is 14.0. The molecule has 0 aliphatic rings. The Balaban J connectivity index is 1.99. The number of hydrogen-bond donors (Lipinski definition) is 1. The molecule has 1 aromatic heterocycles. The number of aromatic nitrogens is 1. The average Bonchev–Trinajstić information content (AvgIpc) is 2.51. The minimum atomic E-state index is -0.333. The van der Waals surface area contributed by atoms with Gasteiger partial charge in [0.05, 0.1) is 11.7 Å². The zero-order valence-electron chi connectivity index (χ0n) is 12.4. The SMILES string of the molecule is C[C@@H](NC(=O)N(C)Cc1cc(Br)ccc1F)c1ccccn1. The fraction of sp³-hybridized carbons (Fsp3) is 0.250. The number of amides is 2. The van der Waals surface area contributed by atoms with E-state index in [9.17, 15) is 9.18 Å². The van der Waals surface area contributed by atoms with Crippen LogP contribution in [0.2, 0.25) is 0 Å². The maximum Gasteiger partial charge on any atom is 0.317 e. The number of carbonyl (C=O) groups excluding carboxylic acids is 1. The molecule has 0 radical (unpaired) electrons. The fourth-order valence-electron chi connectivity index (χ4n) is 1.99. The molecule has 0 aliphatic carbocycles. The summed E-state index contributed by atoms with van der Waals surface area (Å²) in [4.78, 5) is 17.8. The van der Waals surface area contributed by atoms with Gasteiger partial charge in [-0.05, 0) is 37.3 Å². The van der Waals surface area contributed by atoms with Crippen molar-refractivity contribution in [2.24, 2.45) is 0 Å². The van der Waals surface area contributed by atoms with Crippen LogP contribution >= 0.6 is 15.9 Å². The predicted octanol–water partition coefficient (Wildman–Crippen LogP) is 3.89. The van der Waals surface area contributed by atoms with E-state index in [2.05, 4.69) is 26.2 Å². The Kier molecular flexibility index (Phi) is 5.49. The van der Waals surface area contributed by atoms with E-state index in [1.54, 1.807) is 25.4 Å². The summed E-state index contributed by atoms with van der Waals surface area (Å²) in [7, 11) is 1.63. The number of pyridine rings is 1. The van der Waals surface area contributed by atoms with E-state index in [4.69, 9.17) is 0 Å². The third-order valence-electron chi connectivity index (χ3n) is 3.23. The van der Waals surface area contributed by atoms with E-state index in [1.807, 2.05) is 25.1 Å². The van der Waals surface area contributed by atoms with Crippen LogP contribution in [-0.4, -0.2) is 23.0 Å². The maximum absolute atomic E-state index is 13.7. The summed E-state index contributed by atoms with van der Waals surface area (Å²) < 4.78 is 14.5. The van der Waals surface area contributed by atoms with Gasteiger partial charge in [-0.3, -0.25) is 4.98 Å². The lowest BCUT2D eigenvalue weighted by Gasteiger charge is -2.21. The number of urea groups is 1. The summed E-state index contributed by atoms with van der Waals surface area (Å²) >= 11 is 3.30. The highest BCUT2D eigenvalue weighted by molar-refractivity contribution is 9.10. The first-order valence-corrected chi connectivity index (χ1v) is 7.63. The molecule has 0 spiro atoms. The standard InChI is InChI=1S/C16H17BrFN3O/c1-11(15-5-3-4-8-19-15)20-16(22)21(2)10-12-9-13(17)6-7-14(12)18/h3-9,11H,10H2,1-2H3,(H,20,22)/t11-/m1/s1. The molecule has 0 bridgehead atoms. The van der Waals surface area contributed by atoms with E-state index in [1.165, 1.54) is 11.0 Å². The van der Waals surface area contributed by atoms with Gasteiger partial charge in [-0.25, -0.2) is 9.18 Å². The summed E-state index contributed by atoms with van der Waals surface area (Å²) in [5.74, 6) is -0.333. The summed E-state index contributed by atoms with van der Waals surface area (Å²) in [6, 6.07) is 9.71. The molecule has 4 nitrogen and oxygen atoms in total. The molecule has 1 atom stereocenters. The first-order valence-electron chi connectivity index (χ1n) is 6.84. The second kappa shape index (κ2) is 7.35. The highest BCUT2D eigenvalue weighted by atomic mass is 79.9. The van der Waals surface area contributed by atoms with Gasteiger partial charge in [-0.2, -0.15) is 0 Å². The Morgan fingerprint density at radius 1 is 1.41 bits per heavy atom. The van der Waals surface area contributed by atoms with E-state index >= 15 is 0 Å². The minimum Gasteiger partial charge on any atom is -0.330 e. The number of rotatable bonds is 4. The maximum atomic E-state index is 13.7. The second-order valence-corrected chi connectivity index (χ2v) is 5.93. The van der Waals surface area contributed by atoms with Crippen LogP contribution in [0.15, 0.2) is 47.1 Å². The summed E-state index contributed by atoms with van der Waals surface area (Å²) in [6.45, 7) is 2.04. The lowest BCUT2D eigenvalue weighted by Crippen LogP contribution is -2.38. The topological polar surface area (TPSA) is 45.2 Å². The molecule has 2 rings (SSSR count). The van der Waals surface area contributed by atoms with Gasteiger partial charge < -0.3 is 10.2 Å². The van der Waals surface area contributed by atoms with Crippen LogP contribution in [0.3, 0.4) is 0 Å². The molecule has 0 unspecified atom stereocenters. The molecule has 22 heavy (non-hydrogen) atoms. The Morgan fingerprint density at radius 3 is 2.86 bits per heavy atom. The molecule has 2 aromatic rings. The number of nitrogens with zero attached hydrogens (tertiary/aromatic N) is 2. The van der Waals surface area contributed by atoms with Crippen LogP contribution in [0.25, 0.3) is 0 Å². The molecule has 1 aromatic carbocycles. The van der Waals surface area contributed by atoms with Crippen LogP contribution in [0, 0.1) is 5.82 Å². The summed E-state index contributed by atoms with van der Waals surface area (Å²) in [6.07, 6.45) is 1.68. The van der Waals surface area contributed by atoms with Gasteiger partial charge in [-0.1, -0.05) is 22.0 Å². The molecule has 0 aliphatic heterocycles. The van der Waals surface area contributed by atoms with Gasteiger partial charge in [0.25, 0.3) is 0 Å². The van der Waals surface area contributed by atoms with Crippen LogP contribution in [0.1, 0.15) is 24.2 Å². The van der Waals surface area contributed by atoms with Crippen molar-refractivity contribution < 1.29 is 9.18 Å². The second-order valence-electron chi connectivity index (χ2n) is 5.02. The largest absolute Gasteiger partial charge is 0.330 e. The molecule has 116 valence electrons. The fourth-order valence-corrected chi connectivity index (χ4v) is 2.40. The van der Waals surface area contributed by atoms with E-state index in [-0.39, 0.29) is 24.4 Å². The molecule has 0 saturated carbocycles. The van der Waals surface area contributed by atoms with Gasteiger partial charge in [-0.15, -0.1) is 0 Å². The van der Waals surface area contributed by atoms with Crippen molar-refractivity contribution in [3.8, 4) is 0 Å². The van der Waals surface area contributed by atoms with E-state index in [0.717, 1.165) is 10.2 Å². The number of halogens is 2. The van der Waals surface area contributed by atoms with Crippen LogP contribution in [-0.2, 0) is 6.54 Å². The monoisotopic (exact) mass is 365 g/mol.